The lowest BCUT2D eigenvalue weighted by Crippen LogP contribution is -2.65. The Morgan fingerprint density at radius 2 is 1.87 bits per heavy atom. The van der Waals surface area contributed by atoms with Gasteiger partial charge in [0.2, 0.25) is 18.0 Å². The van der Waals surface area contributed by atoms with Crippen LogP contribution in [0, 0.1) is 0 Å². The highest BCUT2D eigenvalue weighted by Gasteiger charge is 2.48. The molecular formula is C15H23NO13S. The van der Waals surface area contributed by atoms with Crippen molar-refractivity contribution in [2.45, 2.75) is 62.8 Å². The van der Waals surface area contributed by atoms with Gasteiger partial charge in [0.05, 0.1) is 18.8 Å². The van der Waals surface area contributed by atoms with Crippen LogP contribution in [0.1, 0.15) is 13.8 Å². The summed E-state index contributed by atoms with van der Waals surface area (Å²) in [6.07, 6.45) is -9.87. The van der Waals surface area contributed by atoms with Crippen molar-refractivity contribution in [3.63, 3.8) is 0 Å². The molecule has 0 radical (unpaired) electrons. The Balaban J connectivity index is 2.27. The van der Waals surface area contributed by atoms with Crippen LogP contribution in [0.25, 0.3) is 0 Å². The van der Waals surface area contributed by atoms with Crippen LogP contribution in [0.3, 0.4) is 0 Å². The van der Waals surface area contributed by atoms with Gasteiger partial charge in [0, 0.05) is 6.92 Å². The summed E-state index contributed by atoms with van der Waals surface area (Å²) in [6.45, 7) is 1.81. The maximum Gasteiger partial charge on any atom is 0.397 e. The molecule has 1 saturated heterocycles. The zero-order chi connectivity index (χ0) is 22.8. The summed E-state index contributed by atoms with van der Waals surface area (Å²) < 4.78 is 50.8. The van der Waals surface area contributed by atoms with Crippen molar-refractivity contribution in [1.82, 2.24) is 5.32 Å². The number of carboxylic acid groups (broad SMARTS) is 1. The third-order valence-electron chi connectivity index (χ3n) is 4.41. The lowest BCUT2D eigenvalue weighted by Gasteiger charge is -2.45. The first-order valence-electron chi connectivity index (χ1n) is 8.66. The van der Waals surface area contributed by atoms with Crippen LogP contribution in [0.15, 0.2) is 11.8 Å². The summed E-state index contributed by atoms with van der Waals surface area (Å²) in [6, 6.07) is -1.05. The van der Waals surface area contributed by atoms with Crippen LogP contribution in [-0.4, -0.2) is 101 Å². The van der Waals surface area contributed by atoms with Crippen LogP contribution in [0.2, 0.25) is 0 Å². The minimum absolute atomic E-state index is 0.527. The second-order valence-electron chi connectivity index (χ2n) is 6.71. The molecule has 1 fully saturated rings. The second kappa shape index (κ2) is 9.52. The number of rotatable bonds is 7. The van der Waals surface area contributed by atoms with Gasteiger partial charge in [-0.05, 0) is 13.0 Å². The summed E-state index contributed by atoms with van der Waals surface area (Å²) in [4.78, 5) is 22.5. The fraction of sp³-hybridized carbons (Fsp3) is 0.733. The van der Waals surface area contributed by atoms with Crippen molar-refractivity contribution in [2.75, 3.05) is 6.61 Å². The SMILES string of the molecule is CC(=O)N[C@H]1C(C)O[C@H](COS(=O)(=O)O)C(O[C@@H]2OC(C(=O)O)=C[C@H](O)[C@H]2O)[C@@H]1O. The average molecular weight is 457 g/mol. The molecule has 2 aliphatic rings. The number of hydrogen-bond donors (Lipinski definition) is 6. The van der Waals surface area contributed by atoms with E-state index >= 15 is 0 Å². The van der Waals surface area contributed by atoms with Gasteiger partial charge in [-0.2, -0.15) is 8.42 Å². The standard InChI is InChI=1S/C15H23NO13S/c1-5-10(16-6(2)17)12(20)13(9(27-5)4-26-30(23,24)25)29-15-11(19)7(18)3-8(28-15)14(21)22/h3,5,7,9-13,15,18-20H,4H2,1-2H3,(H,16,17)(H,21,22)(H,23,24,25)/t5?,7-,9+,10-,11+,12+,13?,15-/m0/s1. The van der Waals surface area contributed by atoms with Crippen LogP contribution in [0.5, 0.6) is 0 Å². The van der Waals surface area contributed by atoms with E-state index in [1.165, 1.54) is 13.8 Å². The maximum absolute atomic E-state index is 11.4. The Kier molecular flexibility index (Phi) is 7.75. The Hall–Kier alpha value is -1.85. The number of nitrogens with one attached hydrogen (secondary N) is 1. The van der Waals surface area contributed by atoms with Gasteiger partial charge in [-0.3, -0.25) is 9.35 Å². The molecule has 15 heteroatoms. The predicted molar refractivity (Wildman–Crippen MR) is 92.9 cm³/mol. The third kappa shape index (κ3) is 6.08. The zero-order valence-corrected chi connectivity index (χ0v) is 16.6. The van der Waals surface area contributed by atoms with E-state index in [1.807, 2.05) is 0 Å². The molecule has 0 aromatic rings. The molecule has 30 heavy (non-hydrogen) atoms. The number of aliphatic carboxylic acids is 1. The molecule has 0 aromatic carbocycles. The molecule has 2 unspecified atom stereocenters. The van der Waals surface area contributed by atoms with Gasteiger partial charge < -0.3 is 40.0 Å². The molecule has 1 amide bonds. The van der Waals surface area contributed by atoms with Crippen LogP contribution in [-0.2, 0) is 38.4 Å². The summed E-state index contributed by atoms with van der Waals surface area (Å²) in [7, 11) is -4.88. The number of carboxylic acids is 1. The number of aliphatic hydroxyl groups is 3. The van der Waals surface area contributed by atoms with Gasteiger partial charge in [-0.1, -0.05) is 0 Å². The molecule has 0 spiro atoms. The van der Waals surface area contributed by atoms with Crippen molar-refractivity contribution in [3.05, 3.63) is 11.8 Å². The average Bonchev–Trinajstić information content (AvgIpc) is 2.61. The number of carbonyl (C=O) groups is 2. The van der Waals surface area contributed by atoms with Crippen molar-refractivity contribution in [3.8, 4) is 0 Å². The molecule has 6 N–H and O–H groups in total. The van der Waals surface area contributed by atoms with E-state index in [-0.39, 0.29) is 0 Å². The first-order chi connectivity index (χ1) is 13.8. The molecular weight excluding hydrogens is 434 g/mol. The van der Waals surface area contributed by atoms with E-state index in [0.29, 0.717) is 0 Å². The first-order valence-corrected chi connectivity index (χ1v) is 10.0. The summed E-state index contributed by atoms with van der Waals surface area (Å²) in [5.41, 5.74) is 0. The normalized spacial score (nSPS) is 37.1. The van der Waals surface area contributed by atoms with Gasteiger partial charge >= 0.3 is 16.4 Å². The van der Waals surface area contributed by atoms with Gasteiger partial charge in [0.25, 0.3) is 0 Å². The van der Waals surface area contributed by atoms with Crippen LogP contribution in [0.4, 0.5) is 0 Å². The third-order valence-corrected chi connectivity index (χ3v) is 4.85. The van der Waals surface area contributed by atoms with E-state index in [9.17, 15) is 33.3 Å². The van der Waals surface area contributed by atoms with Crippen molar-refractivity contribution in [2.24, 2.45) is 0 Å². The van der Waals surface area contributed by atoms with Gasteiger partial charge in [-0.15, -0.1) is 0 Å². The lowest BCUT2D eigenvalue weighted by molar-refractivity contribution is -0.281. The van der Waals surface area contributed by atoms with Gasteiger partial charge in [0.15, 0.2) is 0 Å². The molecule has 14 nitrogen and oxygen atoms in total. The van der Waals surface area contributed by atoms with E-state index in [1.54, 1.807) is 0 Å². The number of ether oxygens (including phenoxy) is 3. The van der Waals surface area contributed by atoms with E-state index < -0.39 is 83.6 Å². The van der Waals surface area contributed by atoms with Gasteiger partial charge in [-0.25, -0.2) is 8.98 Å². The topological polar surface area (TPSA) is 218 Å². The molecule has 2 rings (SSSR count). The molecule has 172 valence electrons. The molecule has 2 heterocycles. The molecule has 0 aromatic heterocycles. The van der Waals surface area contributed by atoms with E-state index in [2.05, 4.69) is 9.50 Å². The van der Waals surface area contributed by atoms with E-state index in [0.717, 1.165) is 6.08 Å². The Labute approximate surface area is 170 Å². The summed E-state index contributed by atoms with van der Waals surface area (Å²) in [5.74, 6) is -2.83. The smallest absolute Gasteiger partial charge is 0.397 e. The highest BCUT2D eigenvalue weighted by Crippen LogP contribution is 2.28. The fourth-order valence-corrected chi connectivity index (χ4v) is 3.37. The van der Waals surface area contributed by atoms with Crippen molar-refractivity contribution in [1.29, 1.82) is 0 Å². The predicted octanol–water partition coefficient (Wildman–Crippen LogP) is -3.11. The number of amides is 1. The minimum atomic E-state index is -4.88. The molecule has 0 saturated carbocycles. The molecule has 0 aliphatic carbocycles. The Bertz CT molecular complexity index is 783. The Morgan fingerprint density at radius 3 is 2.40 bits per heavy atom. The van der Waals surface area contributed by atoms with Crippen molar-refractivity contribution < 1.29 is 61.4 Å². The van der Waals surface area contributed by atoms with Crippen LogP contribution >= 0.6 is 0 Å². The zero-order valence-electron chi connectivity index (χ0n) is 15.8. The largest absolute Gasteiger partial charge is 0.475 e. The summed E-state index contributed by atoms with van der Waals surface area (Å²) in [5, 5.41) is 42.0. The second-order valence-corrected chi connectivity index (χ2v) is 7.80. The van der Waals surface area contributed by atoms with Gasteiger partial charge in [0.1, 0.15) is 30.5 Å². The number of carbonyl (C=O) groups excluding carboxylic acids is 1. The number of aliphatic hydroxyl groups excluding tert-OH is 3. The quantitative estimate of drug-likeness (QED) is 0.209. The fourth-order valence-electron chi connectivity index (χ4n) is 3.07. The highest BCUT2D eigenvalue weighted by atomic mass is 32.3. The molecule has 8 atom stereocenters. The lowest BCUT2D eigenvalue weighted by atomic mass is 9.93. The Morgan fingerprint density at radius 1 is 1.23 bits per heavy atom. The van der Waals surface area contributed by atoms with E-state index in [4.69, 9.17) is 23.9 Å². The van der Waals surface area contributed by atoms with Crippen LogP contribution < -0.4 is 5.32 Å². The minimum Gasteiger partial charge on any atom is -0.475 e. The number of hydrogen-bond acceptors (Lipinski definition) is 11. The first kappa shape index (κ1) is 24.4. The molecule has 0 bridgehead atoms. The summed E-state index contributed by atoms with van der Waals surface area (Å²) >= 11 is 0. The highest BCUT2D eigenvalue weighted by molar-refractivity contribution is 7.80. The maximum atomic E-state index is 11.4. The molecule has 2 aliphatic heterocycles. The monoisotopic (exact) mass is 457 g/mol. The van der Waals surface area contributed by atoms with Crippen molar-refractivity contribution >= 4 is 22.3 Å².